The molecule has 0 saturated carbocycles. The zero-order valence-corrected chi connectivity index (χ0v) is 15.3. The van der Waals surface area contributed by atoms with Crippen molar-refractivity contribution in [3.05, 3.63) is 59.7 Å². The number of carbonyl (C=O) groups is 1. The standard InChI is InChI=1S/C21H27N3O/c1-16-9-10-17(2)20(15-16)22-18(3)21(25)24-13-11-23(12-14-24)19-7-5-4-6-8-19/h4-10,15,18,22H,11-14H2,1-3H3/t18-/m0/s1. The maximum absolute atomic E-state index is 12.8. The first-order valence-corrected chi connectivity index (χ1v) is 8.97. The number of piperazine rings is 1. The molecule has 0 bridgehead atoms. The molecule has 4 nitrogen and oxygen atoms in total. The summed E-state index contributed by atoms with van der Waals surface area (Å²) in [6, 6.07) is 16.5. The van der Waals surface area contributed by atoms with E-state index in [9.17, 15) is 4.79 Å². The van der Waals surface area contributed by atoms with Gasteiger partial charge in [0.05, 0.1) is 0 Å². The van der Waals surface area contributed by atoms with Gasteiger partial charge in [-0.3, -0.25) is 4.79 Å². The van der Waals surface area contributed by atoms with E-state index in [1.165, 1.54) is 16.8 Å². The van der Waals surface area contributed by atoms with Crippen molar-refractivity contribution >= 4 is 17.3 Å². The van der Waals surface area contributed by atoms with Gasteiger partial charge >= 0.3 is 0 Å². The number of aryl methyl sites for hydroxylation is 2. The third-order valence-corrected chi connectivity index (χ3v) is 4.85. The molecule has 1 fully saturated rings. The summed E-state index contributed by atoms with van der Waals surface area (Å²) < 4.78 is 0. The summed E-state index contributed by atoms with van der Waals surface area (Å²) in [5, 5.41) is 3.39. The van der Waals surface area contributed by atoms with E-state index in [1.807, 2.05) is 17.9 Å². The number of amides is 1. The second-order valence-corrected chi connectivity index (χ2v) is 6.83. The van der Waals surface area contributed by atoms with E-state index >= 15 is 0 Å². The highest BCUT2D eigenvalue weighted by Gasteiger charge is 2.25. The van der Waals surface area contributed by atoms with Gasteiger partial charge < -0.3 is 15.1 Å². The van der Waals surface area contributed by atoms with Crippen molar-refractivity contribution in [2.45, 2.75) is 26.8 Å². The highest BCUT2D eigenvalue weighted by Crippen LogP contribution is 2.19. The van der Waals surface area contributed by atoms with Gasteiger partial charge in [-0.25, -0.2) is 0 Å². The molecule has 0 spiro atoms. The quantitative estimate of drug-likeness (QED) is 0.928. The van der Waals surface area contributed by atoms with Crippen LogP contribution >= 0.6 is 0 Å². The van der Waals surface area contributed by atoms with E-state index in [2.05, 4.69) is 66.5 Å². The van der Waals surface area contributed by atoms with Crippen molar-refractivity contribution in [1.82, 2.24) is 4.90 Å². The summed E-state index contributed by atoms with van der Waals surface area (Å²) in [7, 11) is 0. The molecule has 2 aromatic carbocycles. The van der Waals surface area contributed by atoms with Crippen molar-refractivity contribution in [3.8, 4) is 0 Å². The zero-order chi connectivity index (χ0) is 17.8. The Labute approximate surface area is 150 Å². The highest BCUT2D eigenvalue weighted by molar-refractivity contribution is 5.84. The molecule has 1 N–H and O–H groups in total. The van der Waals surface area contributed by atoms with Gasteiger partial charge in [0.2, 0.25) is 5.91 Å². The number of hydrogen-bond donors (Lipinski definition) is 1. The van der Waals surface area contributed by atoms with Crippen LogP contribution in [-0.4, -0.2) is 43.0 Å². The Bertz CT molecular complexity index is 721. The lowest BCUT2D eigenvalue weighted by Gasteiger charge is -2.37. The van der Waals surface area contributed by atoms with E-state index in [0.29, 0.717) is 0 Å². The molecule has 1 aliphatic rings. The molecule has 0 radical (unpaired) electrons. The summed E-state index contributed by atoms with van der Waals surface area (Å²) in [5.41, 5.74) is 4.64. The number of nitrogens with one attached hydrogen (secondary N) is 1. The van der Waals surface area contributed by atoms with Crippen molar-refractivity contribution in [3.63, 3.8) is 0 Å². The van der Waals surface area contributed by atoms with E-state index in [4.69, 9.17) is 0 Å². The van der Waals surface area contributed by atoms with Gasteiger partial charge in [-0.15, -0.1) is 0 Å². The molecule has 4 heteroatoms. The Balaban J connectivity index is 1.57. The second-order valence-electron chi connectivity index (χ2n) is 6.83. The number of carbonyl (C=O) groups excluding carboxylic acids is 1. The molecule has 1 atom stereocenters. The van der Waals surface area contributed by atoms with Crippen LogP contribution in [0.25, 0.3) is 0 Å². The van der Waals surface area contributed by atoms with Crippen LogP contribution in [0.1, 0.15) is 18.1 Å². The summed E-state index contributed by atoms with van der Waals surface area (Å²) in [6.45, 7) is 9.39. The first kappa shape index (κ1) is 17.3. The Morgan fingerprint density at radius 1 is 1.00 bits per heavy atom. The largest absolute Gasteiger partial charge is 0.374 e. The number of anilines is 2. The Morgan fingerprint density at radius 3 is 2.36 bits per heavy atom. The minimum atomic E-state index is -0.219. The molecule has 0 unspecified atom stereocenters. The first-order valence-electron chi connectivity index (χ1n) is 8.97. The van der Waals surface area contributed by atoms with Crippen LogP contribution in [0.15, 0.2) is 48.5 Å². The fraction of sp³-hybridized carbons (Fsp3) is 0.381. The fourth-order valence-electron chi connectivity index (χ4n) is 3.28. The van der Waals surface area contributed by atoms with Gasteiger partial charge in [0.15, 0.2) is 0 Å². The molecule has 132 valence electrons. The predicted molar refractivity (Wildman–Crippen MR) is 104 cm³/mol. The number of benzene rings is 2. The van der Waals surface area contributed by atoms with E-state index in [0.717, 1.165) is 31.9 Å². The number of hydrogen-bond acceptors (Lipinski definition) is 3. The average molecular weight is 337 g/mol. The lowest BCUT2D eigenvalue weighted by molar-refractivity contribution is -0.131. The van der Waals surface area contributed by atoms with Gasteiger partial charge in [-0.1, -0.05) is 30.3 Å². The van der Waals surface area contributed by atoms with Gasteiger partial charge in [-0.05, 0) is 50.1 Å². The molecule has 25 heavy (non-hydrogen) atoms. The van der Waals surface area contributed by atoms with Crippen LogP contribution in [0.2, 0.25) is 0 Å². The monoisotopic (exact) mass is 337 g/mol. The van der Waals surface area contributed by atoms with Crippen LogP contribution in [0.5, 0.6) is 0 Å². The van der Waals surface area contributed by atoms with Crippen molar-refractivity contribution in [1.29, 1.82) is 0 Å². The normalized spacial score (nSPS) is 15.8. The summed E-state index contributed by atoms with van der Waals surface area (Å²) in [4.78, 5) is 17.1. The molecule has 1 saturated heterocycles. The van der Waals surface area contributed by atoms with Gasteiger partial charge in [0.25, 0.3) is 0 Å². The van der Waals surface area contributed by atoms with Gasteiger partial charge in [-0.2, -0.15) is 0 Å². The van der Waals surface area contributed by atoms with Crippen LogP contribution in [-0.2, 0) is 4.79 Å². The van der Waals surface area contributed by atoms with Crippen LogP contribution in [0, 0.1) is 13.8 Å². The molecule has 1 aliphatic heterocycles. The average Bonchev–Trinajstić information content (AvgIpc) is 2.65. The number of para-hydroxylation sites is 1. The van der Waals surface area contributed by atoms with E-state index < -0.39 is 0 Å². The third-order valence-electron chi connectivity index (χ3n) is 4.85. The Hall–Kier alpha value is -2.49. The highest BCUT2D eigenvalue weighted by atomic mass is 16.2. The lowest BCUT2D eigenvalue weighted by Crippen LogP contribution is -2.52. The molecule has 1 amide bonds. The minimum Gasteiger partial charge on any atom is -0.374 e. The summed E-state index contributed by atoms with van der Waals surface area (Å²) >= 11 is 0. The Morgan fingerprint density at radius 2 is 1.68 bits per heavy atom. The van der Waals surface area contributed by atoms with Crippen LogP contribution in [0.4, 0.5) is 11.4 Å². The topological polar surface area (TPSA) is 35.6 Å². The maximum atomic E-state index is 12.8. The molecular formula is C21H27N3O. The molecule has 3 rings (SSSR count). The Kier molecular flexibility index (Phi) is 5.27. The van der Waals surface area contributed by atoms with Crippen LogP contribution < -0.4 is 10.2 Å². The van der Waals surface area contributed by atoms with E-state index in [-0.39, 0.29) is 11.9 Å². The number of rotatable bonds is 4. The SMILES string of the molecule is Cc1ccc(C)c(N[C@@H](C)C(=O)N2CCN(c3ccccc3)CC2)c1. The van der Waals surface area contributed by atoms with Gasteiger partial charge in [0.1, 0.15) is 6.04 Å². The third kappa shape index (κ3) is 4.13. The molecule has 0 aliphatic carbocycles. The zero-order valence-electron chi connectivity index (χ0n) is 15.3. The summed E-state index contributed by atoms with van der Waals surface area (Å²) in [5.74, 6) is 0.175. The van der Waals surface area contributed by atoms with E-state index in [1.54, 1.807) is 0 Å². The van der Waals surface area contributed by atoms with Gasteiger partial charge in [0, 0.05) is 37.6 Å². The van der Waals surface area contributed by atoms with Crippen molar-refractivity contribution in [2.24, 2.45) is 0 Å². The minimum absolute atomic E-state index is 0.175. The molecular weight excluding hydrogens is 310 g/mol. The molecule has 0 aromatic heterocycles. The van der Waals surface area contributed by atoms with Crippen molar-refractivity contribution in [2.75, 3.05) is 36.4 Å². The fourth-order valence-corrected chi connectivity index (χ4v) is 3.28. The predicted octanol–water partition coefficient (Wildman–Crippen LogP) is 3.45. The van der Waals surface area contributed by atoms with Crippen molar-refractivity contribution < 1.29 is 4.79 Å². The lowest BCUT2D eigenvalue weighted by atomic mass is 10.1. The second kappa shape index (κ2) is 7.60. The number of nitrogens with zero attached hydrogens (tertiary/aromatic N) is 2. The maximum Gasteiger partial charge on any atom is 0.244 e. The van der Waals surface area contributed by atoms with Crippen LogP contribution in [0.3, 0.4) is 0 Å². The first-order chi connectivity index (χ1) is 12.0. The smallest absolute Gasteiger partial charge is 0.244 e. The molecule has 1 heterocycles. The summed E-state index contributed by atoms with van der Waals surface area (Å²) in [6.07, 6.45) is 0. The molecule has 2 aromatic rings.